The van der Waals surface area contributed by atoms with Gasteiger partial charge in [-0.3, -0.25) is 0 Å². The van der Waals surface area contributed by atoms with Gasteiger partial charge in [-0.25, -0.2) is 0 Å². The average Bonchev–Trinajstić information content (AvgIpc) is 2.84. The molecule has 17 heavy (non-hydrogen) atoms. The van der Waals surface area contributed by atoms with Gasteiger partial charge >= 0.3 is 0 Å². The van der Waals surface area contributed by atoms with Gasteiger partial charge in [-0.15, -0.1) is 0 Å². The fourth-order valence-corrected chi connectivity index (χ4v) is 2.31. The summed E-state index contributed by atoms with van der Waals surface area (Å²) in [4.78, 5) is 0. The number of unbranched alkanes of at least 4 members (excludes halogenated alkanes) is 3. The quantitative estimate of drug-likeness (QED) is 0.579. The molecule has 1 fully saturated rings. The van der Waals surface area contributed by atoms with E-state index < -0.39 is 0 Å². The Morgan fingerprint density at radius 2 is 2.00 bits per heavy atom. The van der Waals surface area contributed by atoms with Crippen LogP contribution in [-0.4, -0.2) is 37.0 Å². The molecule has 1 atom stereocenters. The Morgan fingerprint density at radius 1 is 1.24 bits per heavy atom. The maximum absolute atomic E-state index is 9.72. The van der Waals surface area contributed by atoms with E-state index in [1.807, 2.05) is 0 Å². The molecule has 0 amide bonds. The van der Waals surface area contributed by atoms with E-state index in [0.717, 1.165) is 6.54 Å². The van der Waals surface area contributed by atoms with Crippen molar-refractivity contribution in [3.8, 4) is 0 Å². The first-order valence-corrected chi connectivity index (χ1v) is 7.33. The van der Waals surface area contributed by atoms with Crippen LogP contribution in [0.15, 0.2) is 0 Å². The molecular weight excluding hydrogens is 214 g/mol. The van der Waals surface area contributed by atoms with Crippen LogP contribution in [0.25, 0.3) is 0 Å². The molecule has 1 aliphatic rings. The number of rotatable bonds is 10. The molecule has 2 N–H and O–H groups in total. The van der Waals surface area contributed by atoms with Crippen molar-refractivity contribution in [2.75, 3.05) is 19.7 Å². The molecule has 1 aliphatic carbocycles. The molecule has 3 heteroatoms. The second kappa shape index (κ2) is 9.86. The van der Waals surface area contributed by atoms with E-state index in [1.165, 1.54) is 51.4 Å². The van der Waals surface area contributed by atoms with Gasteiger partial charge < -0.3 is 15.2 Å². The summed E-state index contributed by atoms with van der Waals surface area (Å²) in [6.07, 6.45) is 10.1. The van der Waals surface area contributed by atoms with E-state index in [4.69, 9.17) is 4.74 Å². The lowest BCUT2D eigenvalue weighted by molar-refractivity contribution is -0.00535. The maximum atomic E-state index is 9.72. The van der Waals surface area contributed by atoms with Gasteiger partial charge in [0.05, 0.1) is 18.8 Å². The minimum absolute atomic E-state index is 0.346. The van der Waals surface area contributed by atoms with E-state index in [-0.39, 0.29) is 6.10 Å². The van der Waals surface area contributed by atoms with Gasteiger partial charge in [0.25, 0.3) is 0 Å². The highest BCUT2D eigenvalue weighted by molar-refractivity contribution is 4.68. The van der Waals surface area contributed by atoms with Crippen LogP contribution >= 0.6 is 0 Å². The molecule has 1 rings (SSSR count). The number of hydrogen-bond acceptors (Lipinski definition) is 3. The zero-order valence-corrected chi connectivity index (χ0v) is 11.3. The lowest BCUT2D eigenvalue weighted by Crippen LogP contribution is -2.32. The Bertz CT molecular complexity index is 170. The van der Waals surface area contributed by atoms with Crippen LogP contribution in [0, 0.1) is 0 Å². The van der Waals surface area contributed by atoms with Crippen LogP contribution in [0.1, 0.15) is 58.3 Å². The van der Waals surface area contributed by atoms with Crippen LogP contribution in [0.4, 0.5) is 0 Å². The monoisotopic (exact) mass is 243 g/mol. The van der Waals surface area contributed by atoms with Crippen LogP contribution < -0.4 is 5.32 Å². The van der Waals surface area contributed by atoms with Gasteiger partial charge in [0.1, 0.15) is 0 Å². The van der Waals surface area contributed by atoms with Crippen LogP contribution in [0.2, 0.25) is 0 Å². The lowest BCUT2D eigenvalue weighted by Gasteiger charge is -2.16. The molecule has 0 aromatic carbocycles. The maximum Gasteiger partial charge on any atom is 0.0897 e. The molecule has 3 nitrogen and oxygen atoms in total. The van der Waals surface area contributed by atoms with Crippen molar-refractivity contribution in [2.45, 2.75) is 70.5 Å². The van der Waals surface area contributed by atoms with Crippen LogP contribution in [0.3, 0.4) is 0 Å². The molecule has 0 heterocycles. The molecule has 0 aromatic heterocycles. The SMILES string of the molecule is CCCCCCNCC(O)COC1CCCC1. The molecule has 102 valence electrons. The highest BCUT2D eigenvalue weighted by atomic mass is 16.5. The third kappa shape index (κ3) is 7.74. The molecule has 1 unspecified atom stereocenters. The summed E-state index contributed by atoms with van der Waals surface area (Å²) in [7, 11) is 0. The van der Waals surface area contributed by atoms with Crippen molar-refractivity contribution in [3.63, 3.8) is 0 Å². The third-order valence-electron chi connectivity index (χ3n) is 3.41. The van der Waals surface area contributed by atoms with Gasteiger partial charge in [0, 0.05) is 6.54 Å². The fraction of sp³-hybridized carbons (Fsp3) is 1.00. The van der Waals surface area contributed by atoms with Crippen molar-refractivity contribution in [2.24, 2.45) is 0 Å². The summed E-state index contributed by atoms with van der Waals surface area (Å²) in [5.74, 6) is 0. The van der Waals surface area contributed by atoms with Crippen molar-refractivity contribution in [3.05, 3.63) is 0 Å². The number of ether oxygens (including phenoxy) is 1. The lowest BCUT2D eigenvalue weighted by atomic mass is 10.2. The zero-order valence-electron chi connectivity index (χ0n) is 11.3. The van der Waals surface area contributed by atoms with Gasteiger partial charge in [-0.2, -0.15) is 0 Å². The Balaban J connectivity index is 1.85. The van der Waals surface area contributed by atoms with Gasteiger partial charge in [0.15, 0.2) is 0 Å². The summed E-state index contributed by atoms with van der Waals surface area (Å²) in [6.45, 7) is 4.39. The van der Waals surface area contributed by atoms with E-state index >= 15 is 0 Å². The minimum Gasteiger partial charge on any atom is -0.389 e. The average molecular weight is 243 g/mol. The smallest absolute Gasteiger partial charge is 0.0897 e. The highest BCUT2D eigenvalue weighted by Crippen LogP contribution is 2.20. The van der Waals surface area contributed by atoms with E-state index in [9.17, 15) is 5.11 Å². The van der Waals surface area contributed by atoms with Crippen LogP contribution in [-0.2, 0) is 4.74 Å². The predicted molar refractivity (Wildman–Crippen MR) is 71.2 cm³/mol. The summed E-state index contributed by atoms with van der Waals surface area (Å²) in [5, 5.41) is 13.0. The Morgan fingerprint density at radius 3 is 2.71 bits per heavy atom. The first-order chi connectivity index (χ1) is 8.33. The van der Waals surface area contributed by atoms with E-state index in [0.29, 0.717) is 19.3 Å². The zero-order chi connectivity index (χ0) is 12.3. The molecule has 0 radical (unpaired) electrons. The molecule has 0 aromatic rings. The van der Waals surface area contributed by atoms with E-state index in [1.54, 1.807) is 0 Å². The van der Waals surface area contributed by atoms with Crippen LogP contribution in [0.5, 0.6) is 0 Å². The summed E-state index contributed by atoms with van der Waals surface area (Å²) in [6, 6.07) is 0. The van der Waals surface area contributed by atoms with Crippen molar-refractivity contribution < 1.29 is 9.84 Å². The van der Waals surface area contributed by atoms with Gasteiger partial charge in [0.2, 0.25) is 0 Å². The third-order valence-corrected chi connectivity index (χ3v) is 3.41. The molecule has 1 saturated carbocycles. The highest BCUT2D eigenvalue weighted by Gasteiger charge is 2.16. The number of nitrogens with one attached hydrogen (secondary N) is 1. The number of aliphatic hydroxyl groups is 1. The summed E-state index contributed by atoms with van der Waals surface area (Å²) >= 11 is 0. The Hall–Kier alpha value is -0.120. The summed E-state index contributed by atoms with van der Waals surface area (Å²) in [5.41, 5.74) is 0. The van der Waals surface area contributed by atoms with Gasteiger partial charge in [-0.1, -0.05) is 39.0 Å². The molecule has 0 bridgehead atoms. The normalized spacial score (nSPS) is 18.7. The molecular formula is C14H29NO2. The Labute approximate surface area is 106 Å². The molecule has 0 aliphatic heterocycles. The van der Waals surface area contributed by atoms with Crippen molar-refractivity contribution >= 4 is 0 Å². The summed E-state index contributed by atoms with van der Waals surface area (Å²) < 4.78 is 5.67. The number of aliphatic hydroxyl groups excluding tert-OH is 1. The Kier molecular flexibility index (Phi) is 8.67. The first-order valence-electron chi connectivity index (χ1n) is 7.33. The van der Waals surface area contributed by atoms with Gasteiger partial charge in [-0.05, 0) is 25.8 Å². The second-order valence-electron chi connectivity index (χ2n) is 5.16. The number of hydrogen-bond donors (Lipinski definition) is 2. The standard InChI is InChI=1S/C14H29NO2/c1-2-3-4-7-10-15-11-13(16)12-17-14-8-5-6-9-14/h13-16H,2-12H2,1H3. The van der Waals surface area contributed by atoms with Crippen molar-refractivity contribution in [1.82, 2.24) is 5.32 Å². The fourth-order valence-electron chi connectivity index (χ4n) is 2.31. The predicted octanol–water partition coefficient (Wildman–Crippen LogP) is 2.48. The topological polar surface area (TPSA) is 41.5 Å². The van der Waals surface area contributed by atoms with E-state index in [2.05, 4.69) is 12.2 Å². The second-order valence-corrected chi connectivity index (χ2v) is 5.16. The largest absolute Gasteiger partial charge is 0.389 e. The molecule has 0 spiro atoms. The molecule has 0 saturated heterocycles. The van der Waals surface area contributed by atoms with Crippen molar-refractivity contribution in [1.29, 1.82) is 0 Å². The first kappa shape index (κ1) is 14.9. The minimum atomic E-state index is -0.346.